The van der Waals surface area contributed by atoms with Crippen LogP contribution >= 0.6 is 0 Å². The van der Waals surface area contributed by atoms with Crippen molar-refractivity contribution in [3.63, 3.8) is 0 Å². The number of benzene rings is 1. The third-order valence-corrected chi connectivity index (χ3v) is 4.61. The van der Waals surface area contributed by atoms with E-state index in [1.54, 1.807) is 4.90 Å². The fourth-order valence-electron chi connectivity index (χ4n) is 3.19. The van der Waals surface area contributed by atoms with Gasteiger partial charge in [-0.05, 0) is 53.0 Å². The van der Waals surface area contributed by atoms with Gasteiger partial charge in [-0.15, -0.1) is 0 Å². The summed E-state index contributed by atoms with van der Waals surface area (Å²) in [7, 11) is 0. The van der Waals surface area contributed by atoms with Gasteiger partial charge in [0.15, 0.2) is 0 Å². The molecule has 0 aliphatic carbocycles. The summed E-state index contributed by atoms with van der Waals surface area (Å²) in [4.78, 5) is 28.9. The van der Waals surface area contributed by atoms with E-state index in [4.69, 9.17) is 4.74 Å². The van der Waals surface area contributed by atoms with Crippen molar-refractivity contribution >= 4 is 12.0 Å². The maximum Gasteiger partial charge on any atom is 0.410 e. The zero-order valence-corrected chi connectivity index (χ0v) is 16.7. The van der Waals surface area contributed by atoms with E-state index < -0.39 is 5.60 Å². The van der Waals surface area contributed by atoms with Crippen LogP contribution < -0.4 is 0 Å². The van der Waals surface area contributed by atoms with Crippen molar-refractivity contribution in [2.24, 2.45) is 5.92 Å². The molecule has 2 rings (SSSR count). The number of likely N-dealkylation sites (tertiary alicyclic amines) is 1. The molecule has 1 fully saturated rings. The van der Waals surface area contributed by atoms with Gasteiger partial charge in [-0.2, -0.15) is 0 Å². The first kappa shape index (κ1) is 20.3. The van der Waals surface area contributed by atoms with Crippen molar-refractivity contribution in [3.8, 4) is 0 Å². The van der Waals surface area contributed by atoms with Crippen LogP contribution in [0.3, 0.4) is 0 Å². The molecule has 5 nitrogen and oxygen atoms in total. The monoisotopic (exact) mass is 360 g/mol. The van der Waals surface area contributed by atoms with Gasteiger partial charge in [0.25, 0.3) is 0 Å². The molecule has 1 saturated heterocycles. The predicted molar refractivity (Wildman–Crippen MR) is 103 cm³/mol. The topological polar surface area (TPSA) is 49.9 Å². The van der Waals surface area contributed by atoms with Crippen LogP contribution in [0.1, 0.15) is 51.7 Å². The van der Waals surface area contributed by atoms with E-state index >= 15 is 0 Å². The standard InChI is InChI=1S/C21H32N2O3/c1-6-22(14-17-11-9-16(2)10-12-17)19(24)18-8-7-13-23(15-18)20(25)26-21(3,4)5/h9-12,18H,6-8,13-15H2,1-5H3. The molecular weight excluding hydrogens is 328 g/mol. The number of rotatable bonds is 4. The molecular formula is C21H32N2O3. The highest BCUT2D eigenvalue weighted by Gasteiger charge is 2.32. The van der Waals surface area contributed by atoms with Gasteiger partial charge in [0.05, 0.1) is 5.92 Å². The van der Waals surface area contributed by atoms with Crippen molar-refractivity contribution in [3.05, 3.63) is 35.4 Å². The Bertz CT molecular complexity index is 619. The molecule has 1 aliphatic heterocycles. The second-order valence-corrected chi connectivity index (χ2v) is 8.10. The SMILES string of the molecule is CCN(Cc1ccc(C)cc1)C(=O)C1CCCN(C(=O)OC(C)(C)C)C1. The first-order valence-corrected chi connectivity index (χ1v) is 9.52. The molecule has 1 aromatic carbocycles. The molecule has 0 bridgehead atoms. The Labute approximate surface area is 157 Å². The smallest absolute Gasteiger partial charge is 0.410 e. The Morgan fingerprint density at radius 2 is 1.88 bits per heavy atom. The molecule has 144 valence electrons. The van der Waals surface area contributed by atoms with Crippen molar-refractivity contribution < 1.29 is 14.3 Å². The molecule has 1 unspecified atom stereocenters. The van der Waals surface area contributed by atoms with Gasteiger partial charge < -0.3 is 14.5 Å². The van der Waals surface area contributed by atoms with Crippen molar-refractivity contribution in [2.75, 3.05) is 19.6 Å². The quantitative estimate of drug-likeness (QED) is 0.816. The molecule has 0 saturated carbocycles. The number of hydrogen-bond acceptors (Lipinski definition) is 3. The number of ether oxygens (including phenoxy) is 1. The number of nitrogens with zero attached hydrogens (tertiary/aromatic N) is 2. The Hall–Kier alpha value is -2.04. The van der Waals surface area contributed by atoms with Crippen LogP contribution in [0.2, 0.25) is 0 Å². The number of aryl methyl sites for hydroxylation is 1. The summed E-state index contributed by atoms with van der Waals surface area (Å²) >= 11 is 0. The number of piperidine rings is 1. The van der Waals surface area contributed by atoms with Crippen LogP contribution in [-0.4, -0.2) is 47.0 Å². The average molecular weight is 360 g/mol. The summed E-state index contributed by atoms with van der Waals surface area (Å²) in [6.07, 6.45) is 1.33. The highest BCUT2D eigenvalue weighted by molar-refractivity contribution is 5.80. The lowest BCUT2D eigenvalue weighted by Crippen LogP contribution is -2.47. The number of hydrogen-bond donors (Lipinski definition) is 0. The van der Waals surface area contributed by atoms with Crippen LogP contribution in [0.25, 0.3) is 0 Å². The average Bonchev–Trinajstić information content (AvgIpc) is 2.59. The molecule has 0 aromatic heterocycles. The number of amides is 2. The van der Waals surface area contributed by atoms with E-state index in [9.17, 15) is 9.59 Å². The molecule has 5 heteroatoms. The molecule has 0 spiro atoms. The van der Waals surface area contributed by atoms with Gasteiger partial charge in [-0.25, -0.2) is 4.79 Å². The summed E-state index contributed by atoms with van der Waals surface area (Å²) in [6.45, 7) is 12.0. The maximum atomic E-state index is 13.0. The van der Waals surface area contributed by atoms with E-state index in [1.165, 1.54) is 5.56 Å². The van der Waals surface area contributed by atoms with Crippen molar-refractivity contribution in [1.29, 1.82) is 0 Å². The van der Waals surface area contributed by atoms with Gasteiger partial charge in [0.1, 0.15) is 5.60 Å². The molecule has 1 atom stereocenters. The summed E-state index contributed by atoms with van der Waals surface area (Å²) < 4.78 is 5.46. The van der Waals surface area contributed by atoms with E-state index in [0.717, 1.165) is 18.4 Å². The zero-order valence-electron chi connectivity index (χ0n) is 16.7. The summed E-state index contributed by atoms with van der Waals surface area (Å²) in [6, 6.07) is 8.27. The molecule has 1 aromatic rings. The lowest BCUT2D eigenvalue weighted by molar-refractivity contribution is -0.137. The Balaban J connectivity index is 1.99. The lowest BCUT2D eigenvalue weighted by Gasteiger charge is -2.35. The largest absolute Gasteiger partial charge is 0.444 e. The molecule has 0 radical (unpaired) electrons. The summed E-state index contributed by atoms with van der Waals surface area (Å²) in [5.74, 6) is -0.0250. The minimum atomic E-state index is -0.519. The summed E-state index contributed by atoms with van der Waals surface area (Å²) in [5, 5.41) is 0. The lowest BCUT2D eigenvalue weighted by atomic mass is 9.96. The normalized spacial score (nSPS) is 17.7. The first-order chi connectivity index (χ1) is 12.2. The van der Waals surface area contributed by atoms with Crippen LogP contribution in [0.15, 0.2) is 24.3 Å². The van der Waals surface area contributed by atoms with E-state index in [2.05, 4.69) is 31.2 Å². The van der Waals surface area contributed by atoms with Crippen LogP contribution in [-0.2, 0) is 16.1 Å². The van der Waals surface area contributed by atoms with Gasteiger partial charge in [-0.3, -0.25) is 4.79 Å². The van der Waals surface area contributed by atoms with Crippen LogP contribution in [0, 0.1) is 12.8 Å². The first-order valence-electron chi connectivity index (χ1n) is 9.52. The fourth-order valence-corrected chi connectivity index (χ4v) is 3.19. The minimum Gasteiger partial charge on any atom is -0.444 e. The molecule has 26 heavy (non-hydrogen) atoms. The third-order valence-electron chi connectivity index (χ3n) is 4.61. The van der Waals surface area contributed by atoms with Crippen molar-refractivity contribution in [2.45, 2.75) is 59.6 Å². The van der Waals surface area contributed by atoms with Gasteiger partial charge in [-0.1, -0.05) is 29.8 Å². The highest BCUT2D eigenvalue weighted by atomic mass is 16.6. The van der Waals surface area contributed by atoms with Crippen molar-refractivity contribution in [1.82, 2.24) is 9.80 Å². The van der Waals surface area contributed by atoms with E-state index in [1.807, 2.05) is 32.6 Å². The summed E-state index contributed by atoms with van der Waals surface area (Å²) in [5.41, 5.74) is 1.82. The number of carbonyl (C=O) groups is 2. The Morgan fingerprint density at radius 3 is 2.46 bits per heavy atom. The third kappa shape index (κ3) is 5.75. The second kappa shape index (κ2) is 8.56. The minimum absolute atomic E-state index is 0.126. The maximum absolute atomic E-state index is 13.0. The van der Waals surface area contributed by atoms with E-state index in [0.29, 0.717) is 26.2 Å². The zero-order chi connectivity index (χ0) is 19.3. The fraction of sp³-hybridized carbons (Fsp3) is 0.619. The van der Waals surface area contributed by atoms with Crippen LogP contribution in [0.4, 0.5) is 4.79 Å². The van der Waals surface area contributed by atoms with Gasteiger partial charge in [0, 0.05) is 26.2 Å². The van der Waals surface area contributed by atoms with E-state index in [-0.39, 0.29) is 17.9 Å². The highest BCUT2D eigenvalue weighted by Crippen LogP contribution is 2.22. The Morgan fingerprint density at radius 1 is 1.23 bits per heavy atom. The molecule has 1 aliphatic rings. The van der Waals surface area contributed by atoms with Gasteiger partial charge >= 0.3 is 6.09 Å². The van der Waals surface area contributed by atoms with Crippen LogP contribution in [0.5, 0.6) is 0 Å². The molecule has 0 N–H and O–H groups in total. The molecule has 2 amide bonds. The number of carbonyl (C=O) groups excluding carboxylic acids is 2. The molecule has 1 heterocycles. The second-order valence-electron chi connectivity index (χ2n) is 8.10. The predicted octanol–water partition coefficient (Wildman–Crippen LogP) is 3.99. The van der Waals surface area contributed by atoms with Gasteiger partial charge in [0.2, 0.25) is 5.91 Å². The Kier molecular flexibility index (Phi) is 6.68.